The Kier molecular flexibility index (Phi) is 3.16. The van der Waals surface area contributed by atoms with E-state index in [1.807, 2.05) is 0 Å². The van der Waals surface area contributed by atoms with Gasteiger partial charge >= 0.3 is 0 Å². The van der Waals surface area contributed by atoms with Gasteiger partial charge in [0, 0.05) is 6.04 Å². The highest BCUT2D eigenvalue weighted by Gasteiger charge is 2.18. The molecule has 0 aromatic carbocycles. The van der Waals surface area contributed by atoms with Crippen molar-refractivity contribution < 1.29 is 5.11 Å². The summed E-state index contributed by atoms with van der Waals surface area (Å²) in [4.78, 5) is 2.39. The van der Waals surface area contributed by atoms with Gasteiger partial charge in [0.25, 0.3) is 0 Å². The van der Waals surface area contributed by atoms with Crippen LogP contribution in [0.2, 0.25) is 0 Å². The molecule has 1 heterocycles. The van der Waals surface area contributed by atoms with Gasteiger partial charge in [-0.15, -0.1) is 0 Å². The predicted octanol–water partition coefficient (Wildman–Crippen LogP) is 0.853. The molecule has 60 valence electrons. The SMILES string of the molecule is CC[C@@H](CO)N1CCCC1. The second kappa shape index (κ2) is 3.94. The van der Waals surface area contributed by atoms with Gasteiger partial charge in [-0.05, 0) is 32.4 Å². The summed E-state index contributed by atoms with van der Waals surface area (Å²) in [5, 5.41) is 8.94. The highest BCUT2D eigenvalue weighted by atomic mass is 16.3. The molecule has 0 aliphatic carbocycles. The van der Waals surface area contributed by atoms with E-state index < -0.39 is 0 Å². The molecule has 1 atom stereocenters. The Labute approximate surface area is 62.8 Å². The molecule has 1 aliphatic rings. The average molecular weight is 143 g/mol. The molecule has 0 amide bonds. The molecular weight excluding hydrogens is 126 g/mol. The van der Waals surface area contributed by atoms with Crippen molar-refractivity contribution >= 4 is 0 Å². The standard InChI is InChI=1S/C8H17NO/c1-2-8(7-10)9-5-3-4-6-9/h8,10H,2-7H2,1H3/t8-/m0/s1. The van der Waals surface area contributed by atoms with Crippen LogP contribution >= 0.6 is 0 Å². The monoisotopic (exact) mass is 143 g/mol. The Morgan fingerprint density at radius 1 is 1.40 bits per heavy atom. The molecule has 0 saturated carbocycles. The van der Waals surface area contributed by atoms with Gasteiger partial charge in [0.05, 0.1) is 6.61 Å². The summed E-state index contributed by atoms with van der Waals surface area (Å²) in [5.41, 5.74) is 0. The second-order valence-electron chi connectivity index (χ2n) is 2.99. The van der Waals surface area contributed by atoms with Crippen LogP contribution in [0.4, 0.5) is 0 Å². The summed E-state index contributed by atoms with van der Waals surface area (Å²) in [5.74, 6) is 0. The molecule has 2 heteroatoms. The first kappa shape index (κ1) is 8.02. The highest BCUT2D eigenvalue weighted by molar-refractivity contribution is 4.74. The number of rotatable bonds is 3. The van der Waals surface area contributed by atoms with Crippen LogP contribution in [-0.2, 0) is 0 Å². The van der Waals surface area contributed by atoms with Crippen LogP contribution in [0.15, 0.2) is 0 Å². The number of hydrogen-bond acceptors (Lipinski definition) is 2. The lowest BCUT2D eigenvalue weighted by Crippen LogP contribution is -2.34. The maximum atomic E-state index is 8.94. The van der Waals surface area contributed by atoms with Crippen molar-refractivity contribution in [3.63, 3.8) is 0 Å². The first-order valence-corrected chi connectivity index (χ1v) is 4.23. The van der Waals surface area contributed by atoms with Gasteiger partial charge in [0.1, 0.15) is 0 Å². The zero-order valence-electron chi connectivity index (χ0n) is 6.71. The normalized spacial score (nSPS) is 23.4. The number of hydrogen-bond donors (Lipinski definition) is 1. The average Bonchev–Trinajstić information content (AvgIpc) is 2.43. The zero-order chi connectivity index (χ0) is 7.40. The van der Waals surface area contributed by atoms with E-state index in [9.17, 15) is 0 Å². The predicted molar refractivity (Wildman–Crippen MR) is 42.0 cm³/mol. The fourth-order valence-corrected chi connectivity index (χ4v) is 1.61. The fourth-order valence-electron chi connectivity index (χ4n) is 1.61. The Hall–Kier alpha value is -0.0800. The molecule has 0 radical (unpaired) electrons. The smallest absolute Gasteiger partial charge is 0.0586 e. The van der Waals surface area contributed by atoms with E-state index in [0.717, 1.165) is 6.42 Å². The molecule has 1 fully saturated rings. The summed E-state index contributed by atoms with van der Waals surface area (Å²) >= 11 is 0. The zero-order valence-corrected chi connectivity index (χ0v) is 6.71. The molecule has 1 saturated heterocycles. The van der Waals surface area contributed by atoms with Gasteiger partial charge in [-0.2, -0.15) is 0 Å². The van der Waals surface area contributed by atoms with Gasteiger partial charge in [-0.25, -0.2) is 0 Å². The van der Waals surface area contributed by atoms with Gasteiger partial charge in [0.2, 0.25) is 0 Å². The summed E-state index contributed by atoms with van der Waals surface area (Å²) in [6.07, 6.45) is 3.71. The molecular formula is C8H17NO. The number of nitrogens with zero attached hydrogens (tertiary/aromatic N) is 1. The van der Waals surface area contributed by atoms with Gasteiger partial charge in [0.15, 0.2) is 0 Å². The molecule has 1 aliphatic heterocycles. The number of aliphatic hydroxyl groups is 1. The van der Waals surface area contributed by atoms with E-state index in [0.29, 0.717) is 12.6 Å². The Morgan fingerprint density at radius 2 is 2.00 bits per heavy atom. The summed E-state index contributed by atoms with van der Waals surface area (Å²) in [6.45, 7) is 4.86. The largest absolute Gasteiger partial charge is 0.395 e. The highest BCUT2D eigenvalue weighted by Crippen LogP contribution is 2.12. The van der Waals surface area contributed by atoms with Crippen LogP contribution in [0.1, 0.15) is 26.2 Å². The van der Waals surface area contributed by atoms with Crippen LogP contribution in [0.5, 0.6) is 0 Å². The van der Waals surface area contributed by atoms with Crippen molar-refractivity contribution in [1.29, 1.82) is 0 Å². The van der Waals surface area contributed by atoms with E-state index >= 15 is 0 Å². The second-order valence-corrected chi connectivity index (χ2v) is 2.99. The van der Waals surface area contributed by atoms with Gasteiger partial charge < -0.3 is 5.11 Å². The van der Waals surface area contributed by atoms with Crippen molar-refractivity contribution in [3.05, 3.63) is 0 Å². The van der Waals surface area contributed by atoms with Crippen LogP contribution < -0.4 is 0 Å². The van der Waals surface area contributed by atoms with Crippen LogP contribution in [0.25, 0.3) is 0 Å². The minimum absolute atomic E-state index is 0.330. The van der Waals surface area contributed by atoms with E-state index in [1.54, 1.807) is 0 Å². The van der Waals surface area contributed by atoms with Crippen LogP contribution in [-0.4, -0.2) is 35.7 Å². The summed E-state index contributed by atoms with van der Waals surface area (Å²) < 4.78 is 0. The van der Waals surface area contributed by atoms with E-state index in [-0.39, 0.29) is 0 Å². The quantitative estimate of drug-likeness (QED) is 0.633. The lowest BCUT2D eigenvalue weighted by atomic mass is 10.2. The fraction of sp³-hybridized carbons (Fsp3) is 1.00. The maximum Gasteiger partial charge on any atom is 0.0586 e. The van der Waals surface area contributed by atoms with Crippen molar-refractivity contribution in [2.45, 2.75) is 32.2 Å². The van der Waals surface area contributed by atoms with Crippen LogP contribution in [0, 0.1) is 0 Å². The number of aliphatic hydroxyl groups excluding tert-OH is 1. The Balaban J connectivity index is 2.29. The van der Waals surface area contributed by atoms with Crippen molar-refractivity contribution in [2.75, 3.05) is 19.7 Å². The molecule has 1 N–H and O–H groups in total. The first-order valence-electron chi connectivity index (χ1n) is 4.23. The minimum Gasteiger partial charge on any atom is -0.395 e. The molecule has 0 aromatic heterocycles. The first-order chi connectivity index (χ1) is 4.88. The van der Waals surface area contributed by atoms with E-state index in [2.05, 4.69) is 11.8 Å². The van der Waals surface area contributed by atoms with E-state index in [4.69, 9.17) is 5.11 Å². The van der Waals surface area contributed by atoms with Crippen LogP contribution in [0.3, 0.4) is 0 Å². The molecule has 0 bridgehead atoms. The molecule has 2 nitrogen and oxygen atoms in total. The summed E-state index contributed by atoms with van der Waals surface area (Å²) in [7, 11) is 0. The van der Waals surface area contributed by atoms with Gasteiger partial charge in [-0.3, -0.25) is 4.90 Å². The maximum absolute atomic E-state index is 8.94. The third-order valence-corrected chi connectivity index (χ3v) is 2.34. The molecule has 0 spiro atoms. The molecule has 1 rings (SSSR count). The summed E-state index contributed by atoms with van der Waals surface area (Å²) in [6, 6.07) is 0.433. The van der Waals surface area contributed by atoms with Gasteiger partial charge in [-0.1, -0.05) is 6.92 Å². The third kappa shape index (κ3) is 1.70. The minimum atomic E-state index is 0.330. The van der Waals surface area contributed by atoms with E-state index in [1.165, 1.54) is 25.9 Å². The van der Waals surface area contributed by atoms with Crippen molar-refractivity contribution in [3.8, 4) is 0 Å². The Bertz CT molecular complexity index is 85.3. The van der Waals surface area contributed by atoms with Crippen molar-refractivity contribution in [2.24, 2.45) is 0 Å². The molecule has 0 aromatic rings. The number of likely N-dealkylation sites (tertiary alicyclic amines) is 1. The molecule has 0 unspecified atom stereocenters. The molecule has 10 heavy (non-hydrogen) atoms. The topological polar surface area (TPSA) is 23.5 Å². The van der Waals surface area contributed by atoms with Crippen molar-refractivity contribution in [1.82, 2.24) is 4.90 Å². The third-order valence-electron chi connectivity index (χ3n) is 2.34. The Morgan fingerprint density at radius 3 is 2.40 bits per heavy atom. The lowest BCUT2D eigenvalue weighted by Gasteiger charge is -2.23. The lowest BCUT2D eigenvalue weighted by molar-refractivity contribution is 0.142.